The lowest BCUT2D eigenvalue weighted by Crippen LogP contribution is -2.30. The Labute approximate surface area is 185 Å². The highest BCUT2D eigenvalue weighted by Crippen LogP contribution is 2.31. The molecule has 0 saturated carbocycles. The number of nitrogens with zero attached hydrogens (tertiary/aromatic N) is 3. The maximum atomic E-state index is 14.0. The van der Waals surface area contributed by atoms with E-state index in [1.54, 1.807) is 23.2 Å². The molecule has 2 atom stereocenters. The molecule has 2 unspecified atom stereocenters. The first-order valence-electron chi connectivity index (χ1n) is 9.51. The standard InChI is InChI=1S/C20H18ClF3N6O2/c21-20(23,24)32-13-3-1-12(2-4-13)28-19(31)11-7-14(17-5-6-27-29-17)18(26-8-11)30-9-15(22)16(25)10-30/h1-8,15-16H,9-10,25H2,(H,27,29)(H,28,31). The average Bonchev–Trinajstić information content (AvgIpc) is 3.38. The van der Waals surface area contributed by atoms with Crippen molar-refractivity contribution >= 4 is 29.0 Å². The molecule has 168 valence electrons. The normalized spacial score (nSPS) is 18.6. The summed E-state index contributed by atoms with van der Waals surface area (Å²) in [6.07, 6.45) is 1.74. The molecular formula is C20H18ClF3N6O2. The zero-order valence-corrected chi connectivity index (χ0v) is 17.2. The van der Waals surface area contributed by atoms with Gasteiger partial charge in [0.05, 0.1) is 23.8 Å². The molecule has 0 radical (unpaired) electrons. The van der Waals surface area contributed by atoms with Crippen LogP contribution >= 0.6 is 11.6 Å². The maximum Gasteiger partial charge on any atom is 0.487 e. The highest BCUT2D eigenvalue weighted by Gasteiger charge is 2.32. The second kappa shape index (κ2) is 8.67. The smallest absolute Gasteiger partial charge is 0.420 e. The van der Waals surface area contributed by atoms with Gasteiger partial charge in [0.15, 0.2) is 0 Å². The number of carbonyl (C=O) groups is 1. The fourth-order valence-electron chi connectivity index (χ4n) is 3.34. The predicted molar refractivity (Wildman–Crippen MR) is 113 cm³/mol. The molecular weight excluding hydrogens is 449 g/mol. The number of amides is 1. The summed E-state index contributed by atoms with van der Waals surface area (Å²) < 4.78 is 43.6. The molecule has 3 heterocycles. The van der Waals surface area contributed by atoms with Gasteiger partial charge in [-0.15, -0.1) is 8.78 Å². The minimum Gasteiger partial charge on any atom is -0.420 e. The molecule has 1 aliphatic heterocycles. The van der Waals surface area contributed by atoms with Crippen molar-refractivity contribution in [1.29, 1.82) is 0 Å². The predicted octanol–water partition coefficient (Wildman–Crippen LogP) is 3.38. The molecule has 0 aliphatic carbocycles. The van der Waals surface area contributed by atoms with Crippen LogP contribution in [0.4, 0.5) is 24.7 Å². The second-order valence-corrected chi connectivity index (χ2v) is 7.62. The molecule has 1 fully saturated rings. The van der Waals surface area contributed by atoms with Gasteiger partial charge in [-0.2, -0.15) is 5.10 Å². The Kier molecular flexibility index (Phi) is 5.94. The van der Waals surface area contributed by atoms with Crippen molar-refractivity contribution in [3.8, 4) is 17.0 Å². The first kappa shape index (κ1) is 21.9. The van der Waals surface area contributed by atoms with Crippen LogP contribution in [0.1, 0.15) is 10.4 Å². The SMILES string of the molecule is NC1CN(c2ncc(C(=O)Nc3ccc(OC(F)(F)Cl)cc3)cc2-c2ccn[nH]2)CC1F. The Balaban J connectivity index is 1.56. The van der Waals surface area contributed by atoms with Crippen LogP contribution in [-0.4, -0.2) is 52.0 Å². The van der Waals surface area contributed by atoms with E-state index in [1.165, 1.54) is 30.5 Å². The number of hydrogen-bond donors (Lipinski definition) is 3. The van der Waals surface area contributed by atoms with Gasteiger partial charge in [0, 0.05) is 41.8 Å². The molecule has 4 rings (SSSR count). The maximum absolute atomic E-state index is 14.0. The van der Waals surface area contributed by atoms with E-state index in [0.29, 0.717) is 22.8 Å². The summed E-state index contributed by atoms with van der Waals surface area (Å²) >= 11 is 4.73. The first-order valence-corrected chi connectivity index (χ1v) is 9.89. The Hall–Kier alpha value is -3.31. The number of halogens is 4. The number of alkyl halides is 4. The molecule has 12 heteroatoms. The number of hydrogen-bond acceptors (Lipinski definition) is 6. The number of carbonyl (C=O) groups excluding carboxylic acids is 1. The van der Waals surface area contributed by atoms with Crippen LogP contribution in [0.15, 0.2) is 48.8 Å². The van der Waals surface area contributed by atoms with Crippen LogP contribution in [0.2, 0.25) is 0 Å². The molecule has 1 aromatic carbocycles. The zero-order valence-electron chi connectivity index (χ0n) is 16.4. The van der Waals surface area contributed by atoms with Crippen molar-refractivity contribution in [2.75, 3.05) is 23.3 Å². The lowest BCUT2D eigenvalue weighted by atomic mass is 10.1. The number of pyridine rings is 1. The summed E-state index contributed by atoms with van der Waals surface area (Å²) in [7, 11) is 0. The summed E-state index contributed by atoms with van der Waals surface area (Å²) in [6, 6.07) is 7.95. The van der Waals surface area contributed by atoms with Crippen molar-refractivity contribution in [3.63, 3.8) is 0 Å². The van der Waals surface area contributed by atoms with E-state index < -0.39 is 23.7 Å². The number of aromatic nitrogens is 3. The van der Waals surface area contributed by atoms with Crippen LogP contribution in [0.3, 0.4) is 0 Å². The van der Waals surface area contributed by atoms with Crippen LogP contribution in [0.25, 0.3) is 11.3 Å². The average molecular weight is 467 g/mol. The topological polar surface area (TPSA) is 109 Å². The third-order valence-corrected chi connectivity index (χ3v) is 4.93. The largest absolute Gasteiger partial charge is 0.487 e. The Morgan fingerprint density at radius 2 is 2.03 bits per heavy atom. The number of ether oxygens (including phenoxy) is 1. The van der Waals surface area contributed by atoms with E-state index in [-0.39, 0.29) is 24.4 Å². The summed E-state index contributed by atoms with van der Waals surface area (Å²) in [4.78, 5) is 18.8. The summed E-state index contributed by atoms with van der Waals surface area (Å²) in [5.74, 6) is -0.168. The number of anilines is 2. The van der Waals surface area contributed by atoms with Gasteiger partial charge in [-0.05, 0) is 36.4 Å². The lowest BCUT2D eigenvalue weighted by Gasteiger charge is -2.20. The van der Waals surface area contributed by atoms with E-state index >= 15 is 0 Å². The quantitative estimate of drug-likeness (QED) is 0.480. The van der Waals surface area contributed by atoms with Crippen molar-refractivity contribution in [1.82, 2.24) is 15.2 Å². The number of aromatic amines is 1. The summed E-state index contributed by atoms with van der Waals surface area (Å²) in [5, 5.41) is 9.40. The minimum atomic E-state index is -3.83. The van der Waals surface area contributed by atoms with Gasteiger partial charge in [-0.25, -0.2) is 9.37 Å². The Bertz CT molecular complexity index is 1080. The summed E-state index contributed by atoms with van der Waals surface area (Å²) in [6.45, 7) is 0.382. The second-order valence-electron chi connectivity index (χ2n) is 7.18. The van der Waals surface area contributed by atoms with Crippen LogP contribution < -0.4 is 20.7 Å². The highest BCUT2D eigenvalue weighted by molar-refractivity contribution is 6.20. The number of H-pyrrole nitrogens is 1. The van der Waals surface area contributed by atoms with E-state index in [4.69, 9.17) is 17.3 Å². The number of benzene rings is 1. The number of nitrogens with two attached hydrogens (primary N) is 1. The molecule has 0 spiro atoms. The highest BCUT2D eigenvalue weighted by atomic mass is 35.5. The zero-order chi connectivity index (χ0) is 22.9. The fraction of sp³-hybridized carbons (Fsp3) is 0.250. The molecule has 8 nitrogen and oxygen atoms in total. The van der Waals surface area contributed by atoms with Gasteiger partial charge in [0.25, 0.3) is 5.91 Å². The van der Waals surface area contributed by atoms with Gasteiger partial charge >= 0.3 is 5.57 Å². The van der Waals surface area contributed by atoms with Crippen molar-refractivity contribution in [2.24, 2.45) is 5.73 Å². The van der Waals surface area contributed by atoms with Gasteiger partial charge in [0.1, 0.15) is 17.7 Å². The Morgan fingerprint density at radius 1 is 1.28 bits per heavy atom. The van der Waals surface area contributed by atoms with Crippen LogP contribution in [-0.2, 0) is 0 Å². The molecule has 1 saturated heterocycles. The number of rotatable bonds is 6. The monoisotopic (exact) mass is 466 g/mol. The lowest BCUT2D eigenvalue weighted by molar-refractivity contribution is -0.0964. The van der Waals surface area contributed by atoms with Gasteiger partial charge < -0.3 is 20.7 Å². The molecule has 3 aromatic rings. The van der Waals surface area contributed by atoms with Gasteiger partial charge in [0.2, 0.25) is 0 Å². The van der Waals surface area contributed by atoms with Gasteiger partial charge in [-0.3, -0.25) is 9.89 Å². The number of nitrogens with one attached hydrogen (secondary N) is 2. The molecule has 32 heavy (non-hydrogen) atoms. The van der Waals surface area contributed by atoms with Gasteiger partial charge in [-0.1, -0.05) is 0 Å². The molecule has 0 bridgehead atoms. The molecule has 4 N–H and O–H groups in total. The Morgan fingerprint density at radius 3 is 2.62 bits per heavy atom. The minimum absolute atomic E-state index is 0.0939. The molecule has 1 amide bonds. The van der Waals surface area contributed by atoms with Crippen molar-refractivity contribution < 1.29 is 22.7 Å². The van der Waals surface area contributed by atoms with E-state index in [9.17, 15) is 18.0 Å². The van der Waals surface area contributed by atoms with E-state index in [0.717, 1.165) is 0 Å². The molecule has 2 aromatic heterocycles. The van der Waals surface area contributed by atoms with Crippen molar-refractivity contribution in [2.45, 2.75) is 17.8 Å². The summed E-state index contributed by atoms with van der Waals surface area (Å²) in [5.41, 5.74) is 3.70. The third-order valence-electron chi connectivity index (χ3n) is 4.86. The van der Waals surface area contributed by atoms with E-state index in [2.05, 4.69) is 25.2 Å². The fourth-order valence-corrected chi connectivity index (χ4v) is 3.43. The van der Waals surface area contributed by atoms with E-state index in [1.807, 2.05) is 0 Å². The third kappa shape index (κ3) is 4.94. The van der Waals surface area contributed by atoms with Crippen LogP contribution in [0.5, 0.6) is 5.75 Å². The van der Waals surface area contributed by atoms with Crippen LogP contribution in [0, 0.1) is 0 Å². The van der Waals surface area contributed by atoms with Crippen molar-refractivity contribution in [3.05, 3.63) is 54.4 Å². The molecule has 1 aliphatic rings. The first-order chi connectivity index (χ1) is 15.2.